The minimum absolute atomic E-state index is 0.0346. The molecule has 3 heterocycles. The number of hydrogen-bond donors (Lipinski definition) is 2. The van der Waals surface area contributed by atoms with Crippen LogP contribution < -0.4 is 10.2 Å². The van der Waals surface area contributed by atoms with E-state index in [9.17, 15) is 14.7 Å². The van der Waals surface area contributed by atoms with Crippen LogP contribution >= 0.6 is 0 Å². The van der Waals surface area contributed by atoms with Crippen LogP contribution in [0.15, 0.2) is 63.6 Å². The van der Waals surface area contributed by atoms with Crippen LogP contribution in [0.25, 0.3) is 11.6 Å². The van der Waals surface area contributed by atoms with Crippen molar-refractivity contribution >= 4 is 17.5 Å². The van der Waals surface area contributed by atoms with E-state index in [4.69, 9.17) is 8.83 Å². The molecule has 1 atom stereocenters. The molecule has 3 aromatic heterocycles. The number of carbonyl (C=O) groups excluding carboxylic acids is 2. The quantitative estimate of drug-likeness (QED) is 0.383. The van der Waals surface area contributed by atoms with Gasteiger partial charge in [-0.05, 0) is 61.4 Å². The van der Waals surface area contributed by atoms with E-state index in [2.05, 4.69) is 20.7 Å². The van der Waals surface area contributed by atoms with Gasteiger partial charge in [-0.2, -0.15) is 4.80 Å². The largest absolute Gasteiger partial charge is 0.508 e. The minimum Gasteiger partial charge on any atom is -0.508 e. The highest BCUT2D eigenvalue weighted by Gasteiger charge is 2.36. The van der Waals surface area contributed by atoms with Crippen LogP contribution in [0.4, 0.5) is 5.69 Å². The number of anilines is 1. The standard InChI is InChI=1S/C25H26N6O5/c1-16-11-12-21(36-16)24-27-29-30(28-24)15-22(33)31(18-8-4-9-19(32)14-18)23(20-10-5-13-35-20)25(34)26-17-6-2-3-7-17/h4-5,8-14,17,23,32H,2-3,6-7,15H2,1H3,(H,26,34)/t23-/m0/s1. The maximum Gasteiger partial charge on any atom is 0.251 e. The highest BCUT2D eigenvalue weighted by Crippen LogP contribution is 2.31. The van der Waals surface area contributed by atoms with Crippen LogP contribution in [0.3, 0.4) is 0 Å². The number of nitrogens with one attached hydrogen (secondary N) is 1. The van der Waals surface area contributed by atoms with Gasteiger partial charge >= 0.3 is 0 Å². The first-order chi connectivity index (χ1) is 17.5. The van der Waals surface area contributed by atoms with Gasteiger partial charge in [0.2, 0.25) is 5.82 Å². The lowest BCUT2D eigenvalue weighted by Crippen LogP contribution is -2.47. The number of nitrogens with zero attached hydrogens (tertiary/aromatic N) is 5. The van der Waals surface area contributed by atoms with Crippen molar-refractivity contribution in [1.82, 2.24) is 25.5 Å². The molecule has 0 bridgehead atoms. The highest BCUT2D eigenvalue weighted by molar-refractivity contribution is 6.01. The molecule has 1 aliphatic rings. The molecule has 0 aliphatic heterocycles. The summed E-state index contributed by atoms with van der Waals surface area (Å²) in [4.78, 5) is 29.7. The van der Waals surface area contributed by atoms with Crippen LogP contribution in [0, 0.1) is 6.92 Å². The van der Waals surface area contributed by atoms with Gasteiger partial charge in [0, 0.05) is 17.8 Å². The summed E-state index contributed by atoms with van der Waals surface area (Å²) in [6.07, 6.45) is 5.30. The number of amides is 2. The molecule has 1 aromatic carbocycles. The molecule has 4 aromatic rings. The molecule has 0 spiro atoms. The zero-order valence-corrected chi connectivity index (χ0v) is 19.7. The third-order valence-electron chi connectivity index (χ3n) is 6.09. The lowest BCUT2D eigenvalue weighted by molar-refractivity contribution is -0.128. The van der Waals surface area contributed by atoms with Gasteiger partial charge in [-0.15, -0.1) is 10.2 Å². The Balaban J connectivity index is 1.47. The Morgan fingerprint density at radius 3 is 2.72 bits per heavy atom. The van der Waals surface area contributed by atoms with Gasteiger partial charge in [0.05, 0.1) is 6.26 Å². The number of furan rings is 2. The number of phenols is 1. The van der Waals surface area contributed by atoms with E-state index < -0.39 is 11.9 Å². The maximum absolute atomic E-state index is 13.7. The van der Waals surface area contributed by atoms with Crippen molar-refractivity contribution in [3.8, 4) is 17.3 Å². The molecular weight excluding hydrogens is 464 g/mol. The Kier molecular flexibility index (Phi) is 6.52. The predicted molar refractivity (Wildman–Crippen MR) is 128 cm³/mol. The van der Waals surface area contributed by atoms with Gasteiger partial charge in [0.1, 0.15) is 23.8 Å². The van der Waals surface area contributed by atoms with E-state index in [0.717, 1.165) is 30.5 Å². The first-order valence-electron chi connectivity index (χ1n) is 11.8. The van der Waals surface area contributed by atoms with Gasteiger partial charge in [0.25, 0.3) is 11.8 Å². The van der Waals surface area contributed by atoms with Crippen molar-refractivity contribution in [3.05, 3.63) is 66.3 Å². The number of aromatic hydroxyl groups is 1. The van der Waals surface area contributed by atoms with Gasteiger partial charge in [-0.3, -0.25) is 14.5 Å². The summed E-state index contributed by atoms with van der Waals surface area (Å²) in [6.45, 7) is 1.49. The summed E-state index contributed by atoms with van der Waals surface area (Å²) in [6, 6.07) is 11.9. The zero-order chi connectivity index (χ0) is 25.1. The van der Waals surface area contributed by atoms with Crippen molar-refractivity contribution in [1.29, 1.82) is 0 Å². The van der Waals surface area contributed by atoms with Crippen molar-refractivity contribution in [2.75, 3.05) is 4.90 Å². The monoisotopic (exact) mass is 490 g/mol. The van der Waals surface area contributed by atoms with E-state index in [1.165, 1.54) is 23.3 Å². The summed E-state index contributed by atoms with van der Waals surface area (Å²) in [7, 11) is 0. The number of phenolic OH excluding ortho intramolecular Hbond substituents is 1. The molecule has 0 radical (unpaired) electrons. The average Bonchev–Trinajstić information content (AvgIpc) is 3.65. The molecule has 186 valence electrons. The topological polar surface area (TPSA) is 140 Å². The molecule has 0 saturated heterocycles. The van der Waals surface area contributed by atoms with Gasteiger partial charge < -0.3 is 19.3 Å². The molecule has 2 amide bonds. The Hall–Kier alpha value is -4.41. The predicted octanol–water partition coefficient (Wildman–Crippen LogP) is 3.37. The first-order valence-corrected chi connectivity index (χ1v) is 11.8. The van der Waals surface area contributed by atoms with E-state index in [-0.39, 0.29) is 30.1 Å². The van der Waals surface area contributed by atoms with Crippen molar-refractivity contribution in [2.45, 2.75) is 51.2 Å². The second kappa shape index (κ2) is 10.1. The lowest BCUT2D eigenvalue weighted by atomic mass is 10.1. The number of rotatable bonds is 8. The molecule has 0 unspecified atom stereocenters. The summed E-state index contributed by atoms with van der Waals surface area (Å²) in [5.41, 5.74) is 0.324. The van der Waals surface area contributed by atoms with E-state index >= 15 is 0 Å². The summed E-state index contributed by atoms with van der Waals surface area (Å²) in [5, 5.41) is 25.4. The molecule has 1 fully saturated rings. The number of hydrogen-bond acceptors (Lipinski definition) is 8. The van der Waals surface area contributed by atoms with E-state index in [0.29, 0.717) is 23.0 Å². The normalized spacial score (nSPS) is 14.6. The second-order valence-electron chi connectivity index (χ2n) is 8.75. The van der Waals surface area contributed by atoms with Crippen molar-refractivity contribution in [3.63, 3.8) is 0 Å². The average molecular weight is 491 g/mol. The second-order valence-corrected chi connectivity index (χ2v) is 8.75. The number of aromatic nitrogens is 4. The molecule has 2 N–H and O–H groups in total. The van der Waals surface area contributed by atoms with Crippen LogP contribution in [-0.2, 0) is 16.1 Å². The Labute approximate surface area is 206 Å². The third-order valence-corrected chi connectivity index (χ3v) is 6.09. The van der Waals surface area contributed by atoms with Crippen LogP contribution in [-0.4, -0.2) is 43.2 Å². The van der Waals surface area contributed by atoms with E-state index in [1.807, 2.05) is 0 Å². The van der Waals surface area contributed by atoms with E-state index in [1.54, 1.807) is 43.3 Å². The molecule has 1 aliphatic carbocycles. The minimum atomic E-state index is -1.11. The lowest BCUT2D eigenvalue weighted by Gasteiger charge is -2.30. The Morgan fingerprint density at radius 2 is 2.03 bits per heavy atom. The van der Waals surface area contributed by atoms with Crippen LogP contribution in [0.1, 0.15) is 43.2 Å². The molecule has 11 heteroatoms. The van der Waals surface area contributed by atoms with Crippen molar-refractivity contribution in [2.24, 2.45) is 0 Å². The number of aryl methyl sites for hydroxylation is 1. The summed E-state index contributed by atoms with van der Waals surface area (Å²) in [5.74, 6) is 0.744. The zero-order valence-electron chi connectivity index (χ0n) is 19.7. The third kappa shape index (κ3) is 4.99. The van der Waals surface area contributed by atoms with Crippen LogP contribution in [0.2, 0.25) is 0 Å². The number of benzene rings is 1. The smallest absolute Gasteiger partial charge is 0.251 e. The van der Waals surface area contributed by atoms with Gasteiger partial charge in [-0.25, -0.2) is 0 Å². The molecule has 5 rings (SSSR count). The fourth-order valence-corrected chi connectivity index (χ4v) is 4.41. The first kappa shape index (κ1) is 23.3. The Bertz CT molecular complexity index is 1340. The summed E-state index contributed by atoms with van der Waals surface area (Å²) < 4.78 is 11.1. The molecule has 1 saturated carbocycles. The Morgan fingerprint density at radius 1 is 1.19 bits per heavy atom. The molecule has 11 nitrogen and oxygen atoms in total. The fraction of sp³-hybridized carbons (Fsp3) is 0.320. The SMILES string of the molecule is Cc1ccc(-c2nnn(CC(=O)N(c3cccc(O)c3)[C@H](C(=O)NC3CCCC3)c3ccco3)n2)o1. The molecule has 36 heavy (non-hydrogen) atoms. The molecular formula is C25H26N6O5. The maximum atomic E-state index is 13.7. The number of carbonyl (C=O) groups is 2. The van der Waals surface area contributed by atoms with Crippen LogP contribution in [0.5, 0.6) is 5.75 Å². The van der Waals surface area contributed by atoms with Gasteiger partial charge in [0.15, 0.2) is 11.8 Å². The fourth-order valence-electron chi connectivity index (χ4n) is 4.41. The summed E-state index contributed by atoms with van der Waals surface area (Å²) >= 11 is 0. The van der Waals surface area contributed by atoms with Gasteiger partial charge in [-0.1, -0.05) is 18.9 Å². The highest BCUT2D eigenvalue weighted by atomic mass is 16.3. The number of tetrazole rings is 1. The van der Waals surface area contributed by atoms with Crippen molar-refractivity contribution < 1.29 is 23.5 Å².